The normalized spacial score (nSPS) is 10.8. The molecule has 0 radical (unpaired) electrons. The number of hydrogen-bond donors (Lipinski definition) is 2. The van der Waals surface area contributed by atoms with Crippen LogP contribution in [0.15, 0.2) is 57.2 Å². The Kier molecular flexibility index (Phi) is 7.72. The molecule has 0 aliphatic heterocycles. The maximum Gasteiger partial charge on any atom is 0.166 e. The molecule has 4 nitrogen and oxygen atoms in total. The number of thiazole rings is 2. The standard InChI is InChI=1S/C11H14N2S2.C7H6N2S2/c1-2-3-8-12-15-11-13-9-6-4-5-7-10(9)14-11;8-11-7-9-5-3-1-2-4-6(5)10-7/h4-7,12H,2-3,8H2,1H3;1-4H,8H2. The van der Waals surface area contributed by atoms with Gasteiger partial charge in [0.05, 0.1) is 20.4 Å². The molecule has 2 aromatic carbocycles. The van der Waals surface area contributed by atoms with Crippen molar-refractivity contribution in [1.82, 2.24) is 14.7 Å². The van der Waals surface area contributed by atoms with Crippen molar-refractivity contribution in [1.29, 1.82) is 0 Å². The van der Waals surface area contributed by atoms with Crippen LogP contribution in [0.5, 0.6) is 0 Å². The van der Waals surface area contributed by atoms with Crippen molar-refractivity contribution in [2.24, 2.45) is 5.14 Å². The molecule has 4 aromatic rings. The van der Waals surface area contributed by atoms with E-state index in [-0.39, 0.29) is 0 Å². The second-order valence-electron chi connectivity index (χ2n) is 5.36. The van der Waals surface area contributed by atoms with E-state index in [0.29, 0.717) is 0 Å². The van der Waals surface area contributed by atoms with Crippen molar-refractivity contribution < 1.29 is 0 Å². The first-order valence-corrected chi connectivity index (χ1v) is 11.6. The second kappa shape index (κ2) is 10.2. The van der Waals surface area contributed by atoms with Gasteiger partial charge in [0.15, 0.2) is 8.68 Å². The van der Waals surface area contributed by atoms with E-state index in [4.69, 9.17) is 5.14 Å². The number of benzene rings is 2. The zero-order valence-corrected chi connectivity index (χ0v) is 17.6. The summed E-state index contributed by atoms with van der Waals surface area (Å²) in [5.41, 5.74) is 2.13. The van der Waals surface area contributed by atoms with Crippen LogP contribution in [0.4, 0.5) is 0 Å². The van der Waals surface area contributed by atoms with E-state index in [1.165, 1.54) is 34.2 Å². The number of fused-ring (bicyclic) bond motifs is 2. The van der Waals surface area contributed by atoms with Gasteiger partial charge in [0.2, 0.25) is 0 Å². The topological polar surface area (TPSA) is 63.8 Å². The molecule has 0 saturated heterocycles. The average Bonchev–Trinajstić information content (AvgIpc) is 3.28. The summed E-state index contributed by atoms with van der Waals surface area (Å²) < 4.78 is 7.81. The van der Waals surface area contributed by atoms with Crippen molar-refractivity contribution in [2.75, 3.05) is 6.54 Å². The van der Waals surface area contributed by atoms with Crippen LogP contribution in [-0.2, 0) is 0 Å². The van der Waals surface area contributed by atoms with Crippen molar-refractivity contribution in [3.63, 3.8) is 0 Å². The highest BCUT2D eigenvalue weighted by molar-refractivity contribution is 7.99. The van der Waals surface area contributed by atoms with Gasteiger partial charge in [-0.15, -0.1) is 22.7 Å². The summed E-state index contributed by atoms with van der Waals surface area (Å²) in [5.74, 6) is 0. The predicted octanol–water partition coefficient (Wildman–Crippen LogP) is 5.96. The number of unbranched alkanes of at least 4 members (excludes halogenated alkanes) is 1. The van der Waals surface area contributed by atoms with Crippen LogP contribution in [0.1, 0.15) is 19.8 Å². The van der Waals surface area contributed by atoms with Gasteiger partial charge in [-0.05, 0) is 54.6 Å². The minimum absolute atomic E-state index is 0.922. The van der Waals surface area contributed by atoms with Gasteiger partial charge in [-0.25, -0.2) is 9.97 Å². The number of hydrogen-bond acceptors (Lipinski definition) is 8. The highest BCUT2D eigenvalue weighted by atomic mass is 32.2. The molecule has 0 spiro atoms. The van der Waals surface area contributed by atoms with E-state index < -0.39 is 0 Å². The van der Waals surface area contributed by atoms with Gasteiger partial charge < -0.3 is 0 Å². The predicted molar refractivity (Wildman–Crippen MR) is 118 cm³/mol. The molecule has 0 saturated carbocycles. The monoisotopic (exact) mass is 420 g/mol. The first kappa shape index (κ1) is 19.6. The number of nitrogens with zero attached hydrogens (tertiary/aromatic N) is 2. The fourth-order valence-electron chi connectivity index (χ4n) is 2.16. The van der Waals surface area contributed by atoms with Crippen molar-refractivity contribution in [3.8, 4) is 0 Å². The second-order valence-corrected chi connectivity index (χ2v) is 9.44. The van der Waals surface area contributed by atoms with Crippen LogP contribution >= 0.6 is 46.6 Å². The van der Waals surface area contributed by atoms with Crippen molar-refractivity contribution in [3.05, 3.63) is 48.5 Å². The molecule has 0 aliphatic rings. The van der Waals surface area contributed by atoms with Crippen LogP contribution in [0.3, 0.4) is 0 Å². The summed E-state index contributed by atoms with van der Waals surface area (Å²) in [4.78, 5) is 8.82. The molecule has 0 fully saturated rings. The van der Waals surface area contributed by atoms with Crippen LogP contribution < -0.4 is 9.86 Å². The summed E-state index contributed by atoms with van der Waals surface area (Å²) in [6.07, 6.45) is 2.45. The molecule has 0 aliphatic carbocycles. The number of nitrogens with one attached hydrogen (secondary N) is 1. The molecule has 0 amide bonds. The third-order valence-electron chi connectivity index (χ3n) is 3.44. The molecule has 2 heterocycles. The molecule has 0 bridgehead atoms. The SMILES string of the molecule is CCCCNSc1nc2ccccc2s1.NSc1nc2ccccc2s1. The lowest BCUT2D eigenvalue weighted by molar-refractivity contribution is 0.776. The van der Waals surface area contributed by atoms with Gasteiger partial charge in [0.1, 0.15) is 0 Å². The Labute approximate surface area is 169 Å². The van der Waals surface area contributed by atoms with Crippen LogP contribution in [0, 0.1) is 0 Å². The quantitative estimate of drug-likeness (QED) is 0.297. The number of para-hydroxylation sites is 2. The van der Waals surface area contributed by atoms with Crippen molar-refractivity contribution >= 4 is 67.0 Å². The van der Waals surface area contributed by atoms with Crippen LogP contribution in [0.2, 0.25) is 0 Å². The van der Waals surface area contributed by atoms with E-state index in [9.17, 15) is 0 Å². The van der Waals surface area contributed by atoms with Crippen LogP contribution in [0.25, 0.3) is 20.4 Å². The van der Waals surface area contributed by atoms with Gasteiger partial charge in [-0.2, -0.15) is 0 Å². The van der Waals surface area contributed by atoms with Crippen LogP contribution in [-0.4, -0.2) is 16.5 Å². The van der Waals surface area contributed by atoms with Gasteiger partial charge in [0.25, 0.3) is 0 Å². The minimum atomic E-state index is 0.922. The Balaban J connectivity index is 0.000000158. The molecule has 136 valence electrons. The van der Waals surface area contributed by atoms with Gasteiger partial charge >= 0.3 is 0 Å². The van der Waals surface area contributed by atoms with E-state index in [1.807, 2.05) is 30.3 Å². The third kappa shape index (κ3) is 5.42. The van der Waals surface area contributed by atoms with E-state index >= 15 is 0 Å². The zero-order valence-electron chi connectivity index (χ0n) is 14.3. The molecule has 2 aromatic heterocycles. The molecule has 8 heteroatoms. The molecular weight excluding hydrogens is 400 g/mol. The lowest BCUT2D eigenvalue weighted by Crippen LogP contribution is -2.03. The Morgan fingerprint density at radius 2 is 1.50 bits per heavy atom. The van der Waals surface area contributed by atoms with Gasteiger partial charge in [0, 0.05) is 6.54 Å². The van der Waals surface area contributed by atoms with E-state index in [2.05, 4.69) is 39.8 Å². The Morgan fingerprint density at radius 3 is 2.08 bits per heavy atom. The zero-order chi connectivity index (χ0) is 18.2. The molecular formula is C18H20N4S4. The Bertz CT molecular complexity index is 884. The first-order valence-electron chi connectivity index (χ1n) is 8.27. The molecule has 0 unspecified atom stereocenters. The highest BCUT2D eigenvalue weighted by Crippen LogP contribution is 2.27. The molecule has 26 heavy (non-hydrogen) atoms. The number of aromatic nitrogens is 2. The van der Waals surface area contributed by atoms with Crippen molar-refractivity contribution in [2.45, 2.75) is 28.4 Å². The first-order chi connectivity index (χ1) is 12.8. The van der Waals surface area contributed by atoms with Gasteiger partial charge in [-0.3, -0.25) is 9.86 Å². The average molecular weight is 421 g/mol. The fraction of sp³-hybridized carbons (Fsp3) is 0.222. The minimum Gasteiger partial charge on any atom is -0.272 e. The number of rotatable bonds is 6. The smallest absolute Gasteiger partial charge is 0.166 e. The summed E-state index contributed by atoms with van der Waals surface area (Å²) >= 11 is 6.21. The summed E-state index contributed by atoms with van der Waals surface area (Å²) in [7, 11) is 0. The lowest BCUT2D eigenvalue weighted by atomic mass is 10.3. The fourth-order valence-corrected chi connectivity index (χ4v) is 5.29. The summed E-state index contributed by atoms with van der Waals surface area (Å²) in [5, 5.41) is 5.38. The maximum absolute atomic E-state index is 5.38. The Hall–Kier alpha value is -1.16. The summed E-state index contributed by atoms with van der Waals surface area (Å²) in [6.45, 7) is 3.25. The van der Waals surface area contributed by atoms with Gasteiger partial charge in [-0.1, -0.05) is 37.6 Å². The summed E-state index contributed by atoms with van der Waals surface area (Å²) in [6, 6.07) is 16.3. The molecule has 3 N–H and O–H groups in total. The lowest BCUT2D eigenvalue weighted by Gasteiger charge is -1.97. The molecule has 4 rings (SSSR count). The largest absolute Gasteiger partial charge is 0.272 e. The maximum atomic E-state index is 5.38. The third-order valence-corrected chi connectivity index (χ3v) is 7.05. The number of nitrogens with two attached hydrogens (primary N) is 1. The van der Waals surface area contributed by atoms with E-state index in [1.54, 1.807) is 34.6 Å². The molecule has 0 atom stereocenters. The highest BCUT2D eigenvalue weighted by Gasteiger charge is 2.02. The van der Waals surface area contributed by atoms with E-state index in [0.717, 1.165) is 26.3 Å². The Morgan fingerprint density at radius 1 is 0.923 bits per heavy atom.